The minimum Gasteiger partial charge on any atom is -0.314 e. The summed E-state index contributed by atoms with van der Waals surface area (Å²) in [4.78, 5) is 23.0. The van der Waals surface area contributed by atoms with Gasteiger partial charge >= 0.3 is 0 Å². The van der Waals surface area contributed by atoms with Gasteiger partial charge in [0.25, 0.3) is 0 Å². The lowest BCUT2D eigenvalue weighted by Crippen LogP contribution is -2.48. The highest BCUT2D eigenvalue weighted by atomic mass is 32.1. The molecular formula is C7H16N2O2P2S2. The molecule has 2 unspecified atom stereocenters. The summed E-state index contributed by atoms with van der Waals surface area (Å²) in [5, 5.41) is 2.83. The van der Waals surface area contributed by atoms with Gasteiger partial charge < -0.3 is 9.99 Å². The van der Waals surface area contributed by atoms with Gasteiger partial charge in [-0.3, -0.25) is 9.59 Å². The Bertz CT molecular complexity index is 239. The van der Waals surface area contributed by atoms with Crippen LogP contribution >= 0.6 is 43.9 Å². The Morgan fingerprint density at radius 1 is 1.40 bits per heavy atom. The van der Waals surface area contributed by atoms with Crippen molar-refractivity contribution in [3.8, 4) is 0 Å². The van der Waals surface area contributed by atoms with E-state index in [1.54, 1.807) is 7.05 Å². The summed E-state index contributed by atoms with van der Waals surface area (Å²) < 4.78 is 1.32. The molecular weight excluding hydrogens is 270 g/mol. The number of nitrogens with one attached hydrogen (secondary N) is 1. The molecule has 0 saturated heterocycles. The number of likely N-dealkylation sites (N-methyl/N-ethyl adjacent to an activating group) is 1. The van der Waals surface area contributed by atoms with Crippen LogP contribution in [0.4, 0.5) is 0 Å². The molecule has 1 amide bonds. The zero-order chi connectivity index (χ0) is 12.0. The van der Waals surface area contributed by atoms with Crippen LogP contribution in [0.15, 0.2) is 0 Å². The molecule has 15 heavy (non-hydrogen) atoms. The lowest BCUT2D eigenvalue weighted by molar-refractivity contribution is -0.131. The number of thiol groups is 2. The van der Waals surface area contributed by atoms with E-state index in [9.17, 15) is 9.59 Å². The summed E-state index contributed by atoms with van der Waals surface area (Å²) in [5.41, 5.74) is -0.164. The zero-order valence-electron chi connectivity index (χ0n) is 8.38. The smallest absolute Gasteiger partial charge is 0.244 e. The highest BCUT2D eigenvalue weighted by Gasteiger charge is 2.27. The Balaban J connectivity index is 4.59. The Morgan fingerprint density at radius 2 is 1.93 bits per heavy atom. The van der Waals surface area contributed by atoms with Crippen LogP contribution in [0.3, 0.4) is 0 Å². The van der Waals surface area contributed by atoms with Crippen molar-refractivity contribution in [3.63, 3.8) is 0 Å². The van der Waals surface area contributed by atoms with E-state index < -0.39 is 12.1 Å². The van der Waals surface area contributed by atoms with E-state index in [1.165, 1.54) is 4.67 Å². The molecule has 0 heterocycles. The van der Waals surface area contributed by atoms with E-state index in [0.29, 0.717) is 11.5 Å². The summed E-state index contributed by atoms with van der Waals surface area (Å²) in [6.07, 6.45) is 0. The summed E-state index contributed by atoms with van der Waals surface area (Å²) in [6, 6.07) is -0.927. The van der Waals surface area contributed by atoms with Crippen molar-refractivity contribution in [2.75, 3.05) is 18.6 Å². The third-order valence-corrected chi connectivity index (χ3v) is 3.63. The third-order valence-electron chi connectivity index (χ3n) is 1.92. The number of hydrogen-bond acceptors (Lipinski definition) is 5. The summed E-state index contributed by atoms with van der Waals surface area (Å²) >= 11 is 8.09. The van der Waals surface area contributed by atoms with E-state index in [4.69, 9.17) is 0 Å². The van der Waals surface area contributed by atoms with Gasteiger partial charge in [-0.25, -0.2) is 0 Å². The molecule has 0 aliphatic rings. The topological polar surface area (TPSA) is 49.4 Å². The second kappa shape index (κ2) is 7.86. The fourth-order valence-corrected chi connectivity index (χ4v) is 2.89. The van der Waals surface area contributed by atoms with Gasteiger partial charge in [0, 0.05) is 11.5 Å². The Labute approximate surface area is 106 Å². The van der Waals surface area contributed by atoms with Crippen LogP contribution in [0, 0.1) is 0 Å². The number of amides is 1. The van der Waals surface area contributed by atoms with E-state index in [1.807, 2.05) is 0 Å². The molecule has 0 spiro atoms. The van der Waals surface area contributed by atoms with Gasteiger partial charge in [0.15, 0.2) is 5.52 Å². The molecule has 1 N–H and O–H groups in total. The Morgan fingerprint density at radius 3 is 2.20 bits per heavy atom. The second-order valence-corrected chi connectivity index (χ2v) is 4.73. The molecule has 0 saturated carbocycles. The molecule has 0 fully saturated rings. The Kier molecular flexibility index (Phi) is 8.20. The SMILES string of the molecule is CN[C@@H](CS)C(=O)N(P)[C@@H](CS)C(=O)P. The first-order valence-corrected chi connectivity index (χ1v) is 6.61. The minimum atomic E-state index is -0.536. The first-order chi connectivity index (χ1) is 6.99. The van der Waals surface area contributed by atoms with Crippen LogP contribution in [0.25, 0.3) is 0 Å². The molecule has 0 radical (unpaired) electrons. The molecule has 0 rings (SSSR count). The molecule has 0 aliphatic carbocycles. The summed E-state index contributed by atoms with van der Waals surface area (Å²) in [6.45, 7) is 0. The first-order valence-electron chi connectivity index (χ1n) is 4.25. The lowest BCUT2D eigenvalue weighted by Gasteiger charge is -2.27. The van der Waals surface area contributed by atoms with Crippen molar-refractivity contribution in [1.29, 1.82) is 0 Å². The average molecular weight is 286 g/mol. The molecule has 88 valence electrons. The maximum atomic E-state index is 11.8. The van der Waals surface area contributed by atoms with Gasteiger partial charge in [0.05, 0.1) is 6.04 Å². The van der Waals surface area contributed by atoms with Crippen LogP contribution in [-0.2, 0) is 9.59 Å². The fourth-order valence-electron chi connectivity index (χ4n) is 0.941. The number of carbonyl (C=O) groups is 2. The molecule has 0 aromatic heterocycles. The highest BCUT2D eigenvalue weighted by molar-refractivity contribution is 7.80. The van der Waals surface area contributed by atoms with Crippen molar-refractivity contribution in [1.82, 2.24) is 9.99 Å². The molecule has 0 aliphatic heterocycles. The third kappa shape index (κ3) is 4.58. The summed E-state index contributed by atoms with van der Waals surface area (Å²) in [7, 11) is 5.99. The maximum absolute atomic E-state index is 11.8. The fraction of sp³-hybridized carbons (Fsp3) is 0.714. The Hall–Kier alpha value is 0.660. The molecule has 8 heteroatoms. The standard InChI is InChI=1S/C7H16N2O2P2S2/c1-8-4(2-14)6(10)9(13)5(3-15)7(11)12/h4-5,8,14-15H,2-3,12-13H2,1H3/t4-,5-/m0/s1. The van der Waals surface area contributed by atoms with Crippen LogP contribution < -0.4 is 5.32 Å². The predicted octanol–water partition coefficient (Wildman–Crippen LogP) is -0.177. The largest absolute Gasteiger partial charge is 0.314 e. The van der Waals surface area contributed by atoms with Crippen LogP contribution in [0.5, 0.6) is 0 Å². The van der Waals surface area contributed by atoms with Gasteiger partial charge in [0.2, 0.25) is 5.91 Å². The van der Waals surface area contributed by atoms with E-state index in [-0.39, 0.29) is 11.4 Å². The first kappa shape index (κ1) is 15.7. The number of rotatable bonds is 6. The van der Waals surface area contributed by atoms with Crippen LogP contribution in [-0.4, -0.2) is 46.7 Å². The molecule has 4 nitrogen and oxygen atoms in total. The van der Waals surface area contributed by atoms with Crippen molar-refractivity contribution in [2.45, 2.75) is 12.1 Å². The maximum Gasteiger partial charge on any atom is 0.244 e. The molecule has 0 aromatic rings. The van der Waals surface area contributed by atoms with Gasteiger partial charge in [-0.2, -0.15) is 25.3 Å². The van der Waals surface area contributed by atoms with E-state index >= 15 is 0 Å². The van der Waals surface area contributed by atoms with Gasteiger partial charge in [-0.1, -0.05) is 9.24 Å². The van der Waals surface area contributed by atoms with Gasteiger partial charge in [0.1, 0.15) is 6.04 Å². The normalized spacial score (nSPS) is 14.5. The minimum absolute atomic E-state index is 0.164. The van der Waals surface area contributed by atoms with Crippen LogP contribution in [0.1, 0.15) is 0 Å². The van der Waals surface area contributed by atoms with Crippen molar-refractivity contribution in [3.05, 3.63) is 0 Å². The lowest BCUT2D eigenvalue weighted by atomic mass is 10.3. The van der Waals surface area contributed by atoms with E-state index in [2.05, 4.69) is 49.2 Å². The van der Waals surface area contributed by atoms with E-state index in [0.717, 1.165) is 0 Å². The second-order valence-electron chi connectivity index (χ2n) is 2.87. The number of nitrogens with zero attached hydrogens (tertiary/aromatic N) is 1. The summed E-state index contributed by atoms with van der Waals surface area (Å²) in [5.74, 6) is 0.484. The van der Waals surface area contributed by atoms with Crippen LogP contribution in [0.2, 0.25) is 0 Å². The zero-order valence-corrected chi connectivity index (χ0v) is 12.5. The van der Waals surface area contributed by atoms with Crippen molar-refractivity contribution >= 4 is 55.3 Å². The van der Waals surface area contributed by atoms with Gasteiger partial charge in [-0.15, -0.1) is 0 Å². The van der Waals surface area contributed by atoms with Crippen molar-refractivity contribution < 1.29 is 9.59 Å². The number of carbonyl (C=O) groups excluding carboxylic acids is 2. The molecule has 4 atom stereocenters. The predicted molar refractivity (Wildman–Crippen MR) is 75.6 cm³/mol. The molecule has 0 aromatic carbocycles. The number of hydrogen-bond donors (Lipinski definition) is 3. The highest BCUT2D eigenvalue weighted by Crippen LogP contribution is 2.14. The van der Waals surface area contributed by atoms with Gasteiger partial charge in [-0.05, 0) is 16.4 Å². The quantitative estimate of drug-likeness (QED) is 0.469. The average Bonchev–Trinajstić information content (AvgIpc) is 2.19. The monoisotopic (exact) mass is 286 g/mol. The van der Waals surface area contributed by atoms with Crippen molar-refractivity contribution in [2.24, 2.45) is 0 Å². The molecule has 0 bridgehead atoms.